The van der Waals surface area contributed by atoms with E-state index in [0.29, 0.717) is 18.6 Å². The lowest BCUT2D eigenvalue weighted by molar-refractivity contribution is -0.119. The molecule has 0 bridgehead atoms. The van der Waals surface area contributed by atoms with Gasteiger partial charge in [-0.3, -0.25) is 4.79 Å². The van der Waals surface area contributed by atoms with Crippen molar-refractivity contribution in [3.63, 3.8) is 0 Å². The molecule has 0 fully saturated rings. The smallest absolute Gasteiger partial charge is 0.133 e. The zero-order valence-corrected chi connectivity index (χ0v) is 22.0. The fraction of sp³-hybridized carbons (Fsp3) is 0.433. The molecule has 182 valence electrons. The second-order valence-corrected chi connectivity index (χ2v) is 9.62. The molecule has 0 spiro atoms. The molecule has 0 aliphatic carbocycles. The molecule has 0 radical (unpaired) electrons. The number of ketones is 1. The van der Waals surface area contributed by atoms with E-state index in [0.717, 1.165) is 40.4 Å². The van der Waals surface area contributed by atoms with Gasteiger partial charge < -0.3 is 9.30 Å². The van der Waals surface area contributed by atoms with Crippen molar-refractivity contribution < 1.29 is 9.53 Å². The summed E-state index contributed by atoms with van der Waals surface area (Å²) < 4.78 is 8.06. The molecular formula is C30H38ClNO2. The van der Waals surface area contributed by atoms with E-state index in [1.54, 1.807) is 7.11 Å². The summed E-state index contributed by atoms with van der Waals surface area (Å²) in [7, 11) is 1.73. The Labute approximate surface area is 210 Å². The molecule has 0 saturated carbocycles. The molecule has 2 aromatic carbocycles. The number of ether oxygens (including phenoxy) is 1. The van der Waals surface area contributed by atoms with Crippen LogP contribution >= 0.6 is 11.6 Å². The topological polar surface area (TPSA) is 31.2 Å². The van der Waals surface area contributed by atoms with Gasteiger partial charge in [-0.25, -0.2) is 0 Å². The molecule has 3 aromatic rings. The van der Waals surface area contributed by atoms with Crippen molar-refractivity contribution in [2.75, 3.05) is 7.11 Å². The molecule has 34 heavy (non-hydrogen) atoms. The Morgan fingerprint density at radius 2 is 1.79 bits per heavy atom. The van der Waals surface area contributed by atoms with Gasteiger partial charge in [-0.1, -0.05) is 63.4 Å². The summed E-state index contributed by atoms with van der Waals surface area (Å²) in [4.78, 5) is 12.6. The number of unbranched alkanes of at least 4 members (excludes halogenated alkanes) is 1. The number of rotatable bonds is 7. The lowest BCUT2D eigenvalue weighted by Gasteiger charge is -2.24. The second kappa shape index (κ2) is 12.3. The number of methoxy groups -OCH3 is 1. The van der Waals surface area contributed by atoms with E-state index in [2.05, 4.69) is 80.9 Å². The number of para-hydroxylation sites is 1. The van der Waals surface area contributed by atoms with Crippen molar-refractivity contribution in [3.05, 3.63) is 82.1 Å². The lowest BCUT2D eigenvalue weighted by Crippen LogP contribution is -2.12. The average molecular weight is 480 g/mol. The van der Waals surface area contributed by atoms with E-state index in [9.17, 15) is 4.79 Å². The first kappa shape index (κ1) is 26.1. The molecule has 4 rings (SSSR count). The van der Waals surface area contributed by atoms with Crippen molar-refractivity contribution >= 4 is 17.4 Å². The molecule has 1 aliphatic rings. The van der Waals surface area contributed by atoms with E-state index < -0.39 is 0 Å². The fourth-order valence-corrected chi connectivity index (χ4v) is 5.05. The van der Waals surface area contributed by atoms with Crippen LogP contribution in [-0.2, 0) is 4.79 Å². The van der Waals surface area contributed by atoms with Crippen LogP contribution in [0.15, 0.2) is 54.7 Å². The first-order chi connectivity index (χ1) is 16.4. The highest BCUT2D eigenvalue weighted by atomic mass is 35.5. The number of aromatic nitrogens is 1. The van der Waals surface area contributed by atoms with Crippen LogP contribution in [0.3, 0.4) is 0 Å². The first-order valence-electron chi connectivity index (χ1n) is 12.6. The maximum atomic E-state index is 12.6. The molecular weight excluding hydrogens is 442 g/mol. The second-order valence-electron chi connectivity index (χ2n) is 9.18. The predicted molar refractivity (Wildman–Crippen MR) is 143 cm³/mol. The van der Waals surface area contributed by atoms with E-state index >= 15 is 0 Å². The monoisotopic (exact) mass is 479 g/mol. The number of carbonyl (C=O) groups excluding carboxylic acids is 1. The van der Waals surface area contributed by atoms with Gasteiger partial charge in [-0.05, 0) is 61.2 Å². The Bertz CT molecular complexity index is 1100. The highest BCUT2D eigenvalue weighted by molar-refractivity contribution is 6.30. The van der Waals surface area contributed by atoms with Crippen molar-refractivity contribution in [3.8, 4) is 11.4 Å². The van der Waals surface area contributed by atoms with Crippen molar-refractivity contribution in [2.24, 2.45) is 0 Å². The molecule has 2 unspecified atom stereocenters. The van der Waals surface area contributed by atoms with Crippen molar-refractivity contribution in [2.45, 2.75) is 78.1 Å². The van der Waals surface area contributed by atoms with Gasteiger partial charge in [0.2, 0.25) is 0 Å². The van der Waals surface area contributed by atoms with Gasteiger partial charge in [-0.15, -0.1) is 0 Å². The van der Waals surface area contributed by atoms with E-state index in [4.69, 9.17) is 16.3 Å². The molecule has 2 atom stereocenters. The van der Waals surface area contributed by atoms with Crippen LogP contribution in [0.1, 0.15) is 93.5 Å². The zero-order chi connectivity index (χ0) is 24.7. The minimum Gasteiger partial charge on any atom is -0.496 e. The summed E-state index contributed by atoms with van der Waals surface area (Å²) in [5, 5.41) is 0.722. The minimum atomic E-state index is 0.0906. The normalized spacial score (nSPS) is 16.5. The van der Waals surface area contributed by atoms with Crippen LogP contribution in [0.25, 0.3) is 5.69 Å². The number of fused-ring (bicyclic) bond motifs is 3. The lowest BCUT2D eigenvalue weighted by atomic mass is 9.80. The third-order valence-corrected chi connectivity index (χ3v) is 6.90. The zero-order valence-electron chi connectivity index (χ0n) is 21.2. The summed E-state index contributed by atoms with van der Waals surface area (Å²) in [6.07, 6.45) is 7.65. The molecule has 1 aliphatic heterocycles. The van der Waals surface area contributed by atoms with Gasteiger partial charge in [0, 0.05) is 52.8 Å². The van der Waals surface area contributed by atoms with E-state index in [1.165, 1.54) is 24.1 Å². The van der Waals surface area contributed by atoms with Gasteiger partial charge in [0.15, 0.2) is 0 Å². The molecule has 0 amide bonds. The van der Waals surface area contributed by atoms with Crippen LogP contribution in [0.4, 0.5) is 0 Å². The number of carbonyl (C=O) groups is 1. The summed E-state index contributed by atoms with van der Waals surface area (Å²) in [6, 6.07) is 16.6. The number of Topliss-reactive ketones (excluding diaryl/α,β-unsaturated/α-hetero) is 1. The highest BCUT2D eigenvalue weighted by Crippen LogP contribution is 2.46. The summed E-state index contributed by atoms with van der Waals surface area (Å²) >= 11 is 6.46. The number of hydrogen-bond donors (Lipinski definition) is 0. The van der Waals surface area contributed by atoms with E-state index in [1.807, 2.05) is 6.07 Å². The number of hydrogen-bond acceptors (Lipinski definition) is 2. The predicted octanol–water partition coefficient (Wildman–Crippen LogP) is 8.63. The van der Waals surface area contributed by atoms with E-state index in [-0.39, 0.29) is 11.8 Å². The van der Waals surface area contributed by atoms with Crippen LogP contribution < -0.4 is 4.74 Å². The van der Waals surface area contributed by atoms with Gasteiger partial charge >= 0.3 is 0 Å². The Morgan fingerprint density at radius 3 is 2.47 bits per heavy atom. The van der Waals surface area contributed by atoms with Gasteiger partial charge in [0.1, 0.15) is 11.5 Å². The summed E-state index contributed by atoms with van der Waals surface area (Å²) in [5.74, 6) is 1.47. The average Bonchev–Trinajstić information content (AvgIpc) is 3.27. The van der Waals surface area contributed by atoms with Crippen LogP contribution in [0.5, 0.6) is 5.75 Å². The van der Waals surface area contributed by atoms with Gasteiger partial charge in [0.25, 0.3) is 0 Å². The minimum absolute atomic E-state index is 0.0906. The van der Waals surface area contributed by atoms with Crippen LogP contribution in [-0.4, -0.2) is 17.5 Å². The maximum Gasteiger partial charge on any atom is 0.133 e. The summed E-state index contributed by atoms with van der Waals surface area (Å²) in [6.45, 7) is 8.50. The molecule has 1 aromatic heterocycles. The van der Waals surface area contributed by atoms with Crippen molar-refractivity contribution in [1.82, 2.24) is 4.57 Å². The first-order valence-corrected chi connectivity index (χ1v) is 12.9. The number of halogens is 1. The standard InChI is InChI=1S/C26H28ClNO2.C4H10/c1-4-7-20(29)14-18-15-22(21-9-5-8-17(2)26(21)30-3)23-16-19(27)11-12-25(23)28-13-6-10-24(18)28;1-3-4-2/h5-6,8-13,16,18,22H,4,7,14-15H2,1-3H3;3-4H2,1-2H3. The SMILES string of the molecule is CCCC.CCCC(=O)CC1CC(c2cccc(C)c2OC)c2cc(Cl)ccc2-n2cccc21. The Kier molecular flexibility index (Phi) is 9.41. The quantitative estimate of drug-likeness (QED) is 0.339. The number of benzene rings is 2. The molecule has 0 saturated heterocycles. The molecule has 3 nitrogen and oxygen atoms in total. The summed E-state index contributed by atoms with van der Waals surface area (Å²) in [5.41, 5.74) is 5.76. The fourth-order valence-electron chi connectivity index (χ4n) is 4.87. The third-order valence-electron chi connectivity index (χ3n) is 6.67. The molecule has 4 heteroatoms. The Morgan fingerprint density at radius 1 is 1.03 bits per heavy atom. The largest absolute Gasteiger partial charge is 0.496 e. The third kappa shape index (κ3) is 5.75. The maximum absolute atomic E-state index is 12.6. The molecule has 0 N–H and O–H groups in total. The number of nitrogens with zero attached hydrogens (tertiary/aromatic N) is 1. The van der Waals surface area contributed by atoms with Crippen LogP contribution in [0, 0.1) is 6.92 Å². The Balaban J connectivity index is 0.000000751. The number of aryl methyl sites for hydroxylation is 1. The van der Waals surface area contributed by atoms with Crippen LogP contribution in [0.2, 0.25) is 5.02 Å². The highest BCUT2D eigenvalue weighted by Gasteiger charge is 2.32. The van der Waals surface area contributed by atoms with Gasteiger partial charge in [-0.2, -0.15) is 0 Å². The Hall–Kier alpha value is -2.52. The van der Waals surface area contributed by atoms with Gasteiger partial charge in [0.05, 0.1) is 7.11 Å². The van der Waals surface area contributed by atoms with Crippen molar-refractivity contribution in [1.29, 1.82) is 0 Å². The molecule has 2 heterocycles.